The highest BCUT2D eigenvalue weighted by Crippen LogP contribution is 2.31. The van der Waals surface area contributed by atoms with Crippen LogP contribution in [0.4, 0.5) is 5.82 Å². The molecular weight excluding hydrogens is 321 g/mol. The Morgan fingerprint density at radius 2 is 2.14 bits per heavy atom. The lowest BCUT2D eigenvalue weighted by atomic mass is 10.1. The minimum absolute atomic E-state index is 0.0232. The number of hydrogen-bond donors (Lipinski definition) is 2. The molecule has 21 heavy (non-hydrogen) atoms. The highest BCUT2D eigenvalue weighted by Gasteiger charge is 2.48. The first-order chi connectivity index (χ1) is 10.2. The van der Waals surface area contributed by atoms with Crippen molar-refractivity contribution in [3.05, 3.63) is 16.5 Å². The number of ether oxygens (including phenoxy) is 3. The van der Waals surface area contributed by atoms with Gasteiger partial charge in [0.1, 0.15) is 29.2 Å². The van der Waals surface area contributed by atoms with Gasteiger partial charge in [0, 0.05) is 0 Å². The highest BCUT2D eigenvalue weighted by molar-refractivity contribution is 6.33. The summed E-state index contributed by atoms with van der Waals surface area (Å²) in [5.74, 6) is 0.453. The summed E-state index contributed by atoms with van der Waals surface area (Å²) in [7, 11) is 0. The molecular formula is C12H15Cl2N3O4. The Labute approximate surface area is 131 Å². The summed E-state index contributed by atoms with van der Waals surface area (Å²) < 4.78 is 17.0. The quantitative estimate of drug-likeness (QED) is 0.767. The van der Waals surface area contributed by atoms with Crippen LogP contribution in [-0.4, -0.2) is 65.9 Å². The summed E-state index contributed by atoms with van der Waals surface area (Å²) in [5.41, 5.74) is 0. The molecule has 2 aliphatic rings. The van der Waals surface area contributed by atoms with Crippen molar-refractivity contribution in [1.82, 2.24) is 9.97 Å². The van der Waals surface area contributed by atoms with Crippen molar-refractivity contribution in [2.45, 2.75) is 24.4 Å². The van der Waals surface area contributed by atoms with Crippen molar-refractivity contribution in [3.8, 4) is 0 Å². The van der Waals surface area contributed by atoms with Gasteiger partial charge in [-0.15, -0.1) is 0 Å². The molecule has 0 bridgehead atoms. The molecule has 0 aliphatic carbocycles. The summed E-state index contributed by atoms with van der Waals surface area (Å²) >= 11 is 11.8. The number of aromatic nitrogens is 2. The molecule has 2 aliphatic heterocycles. The molecule has 3 rings (SSSR count). The van der Waals surface area contributed by atoms with E-state index in [9.17, 15) is 0 Å². The summed E-state index contributed by atoms with van der Waals surface area (Å²) in [6, 6.07) is -0.0961. The van der Waals surface area contributed by atoms with Crippen molar-refractivity contribution in [1.29, 1.82) is 0 Å². The van der Waals surface area contributed by atoms with E-state index in [4.69, 9.17) is 42.5 Å². The van der Waals surface area contributed by atoms with Crippen molar-refractivity contribution in [2.75, 3.05) is 31.7 Å². The van der Waals surface area contributed by atoms with Crippen LogP contribution >= 0.6 is 23.2 Å². The molecule has 4 unspecified atom stereocenters. The average Bonchev–Trinajstić information content (AvgIpc) is 3.04. The van der Waals surface area contributed by atoms with Crippen LogP contribution in [0.5, 0.6) is 0 Å². The van der Waals surface area contributed by atoms with E-state index in [2.05, 4.69) is 15.3 Å². The van der Waals surface area contributed by atoms with Gasteiger partial charge in [-0.25, -0.2) is 4.98 Å². The molecule has 7 nitrogen and oxygen atoms in total. The fraction of sp³-hybridized carbons (Fsp3) is 0.667. The van der Waals surface area contributed by atoms with Gasteiger partial charge >= 0.3 is 0 Å². The fourth-order valence-electron chi connectivity index (χ4n) is 2.56. The lowest BCUT2D eigenvalue weighted by Crippen LogP contribution is -2.37. The van der Waals surface area contributed by atoms with Gasteiger partial charge in [-0.05, 0) is 11.6 Å². The van der Waals surface area contributed by atoms with E-state index in [0.29, 0.717) is 24.1 Å². The van der Waals surface area contributed by atoms with Gasteiger partial charge in [0.05, 0.1) is 38.7 Å². The van der Waals surface area contributed by atoms with Crippen molar-refractivity contribution >= 4 is 29.0 Å². The van der Waals surface area contributed by atoms with E-state index in [1.807, 2.05) is 0 Å². The molecule has 2 N–H and O–H groups in total. The third-order valence-electron chi connectivity index (χ3n) is 3.47. The summed E-state index contributed by atoms with van der Waals surface area (Å²) in [5, 5.41) is 12.5. The van der Waals surface area contributed by atoms with E-state index in [-0.39, 0.29) is 42.9 Å². The van der Waals surface area contributed by atoms with E-state index >= 15 is 0 Å². The zero-order chi connectivity index (χ0) is 14.8. The van der Waals surface area contributed by atoms with Gasteiger partial charge in [-0.1, -0.05) is 11.6 Å². The second kappa shape index (κ2) is 6.60. The van der Waals surface area contributed by atoms with Crippen LogP contribution in [0.1, 0.15) is 0 Å². The third kappa shape index (κ3) is 3.23. The third-order valence-corrected chi connectivity index (χ3v) is 3.93. The van der Waals surface area contributed by atoms with Crippen molar-refractivity contribution < 1.29 is 19.3 Å². The molecule has 0 aromatic carbocycles. The Balaban J connectivity index is 1.65. The molecule has 0 saturated carbocycles. The van der Waals surface area contributed by atoms with Crippen LogP contribution in [0.25, 0.3) is 0 Å². The molecule has 0 spiro atoms. The molecule has 3 heterocycles. The van der Waals surface area contributed by atoms with Crippen LogP contribution in [0, 0.1) is 0 Å². The molecule has 116 valence electrons. The molecule has 9 heteroatoms. The van der Waals surface area contributed by atoms with E-state index in [1.165, 1.54) is 6.20 Å². The lowest BCUT2D eigenvalue weighted by Gasteiger charge is -2.18. The largest absolute Gasteiger partial charge is 0.394 e. The maximum atomic E-state index is 8.81. The molecule has 0 radical (unpaired) electrons. The summed E-state index contributed by atoms with van der Waals surface area (Å²) in [6.45, 7) is 1.13. The molecule has 4 atom stereocenters. The second-order valence-corrected chi connectivity index (χ2v) is 5.56. The Morgan fingerprint density at radius 3 is 2.95 bits per heavy atom. The normalized spacial score (nSPS) is 31.4. The Morgan fingerprint density at radius 1 is 1.33 bits per heavy atom. The number of fused-ring (bicyclic) bond motifs is 1. The number of hydrogen-bond acceptors (Lipinski definition) is 7. The number of nitrogens with zero attached hydrogens (tertiary/aromatic N) is 2. The standard InChI is InChI=1S/C12H15Cl2N3O4/c13-6-3-15-12(14)17-11(6)16-7-4-20-10-8(19-2-1-18)5-21-9(7)10/h3,7-10,18H,1-2,4-5H2,(H,15,16,17). The van der Waals surface area contributed by atoms with Crippen LogP contribution < -0.4 is 5.32 Å². The van der Waals surface area contributed by atoms with E-state index in [1.54, 1.807) is 0 Å². The topological polar surface area (TPSA) is 85.7 Å². The average molecular weight is 336 g/mol. The van der Waals surface area contributed by atoms with Gasteiger partial charge < -0.3 is 24.6 Å². The molecule has 2 saturated heterocycles. The zero-order valence-corrected chi connectivity index (χ0v) is 12.5. The van der Waals surface area contributed by atoms with Gasteiger partial charge in [0.25, 0.3) is 0 Å². The zero-order valence-electron chi connectivity index (χ0n) is 11.0. The fourth-order valence-corrected chi connectivity index (χ4v) is 2.84. The second-order valence-electron chi connectivity index (χ2n) is 4.82. The number of anilines is 1. The Bertz CT molecular complexity index is 507. The Kier molecular flexibility index (Phi) is 4.78. The first-order valence-corrected chi connectivity index (χ1v) is 7.35. The first kappa shape index (κ1) is 15.2. The highest BCUT2D eigenvalue weighted by atomic mass is 35.5. The van der Waals surface area contributed by atoms with Crippen molar-refractivity contribution in [3.63, 3.8) is 0 Å². The van der Waals surface area contributed by atoms with Crippen LogP contribution in [0.3, 0.4) is 0 Å². The monoisotopic (exact) mass is 335 g/mol. The molecule has 0 amide bonds. The summed E-state index contributed by atoms with van der Waals surface area (Å²) in [6.07, 6.45) is 0.955. The van der Waals surface area contributed by atoms with Gasteiger partial charge in [0.15, 0.2) is 0 Å². The van der Waals surface area contributed by atoms with E-state index < -0.39 is 0 Å². The SMILES string of the molecule is OCCOC1COC2C(Nc3nc(Cl)ncc3Cl)COC12. The number of rotatable bonds is 5. The molecule has 1 aromatic rings. The van der Waals surface area contributed by atoms with Crippen molar-refractivity contribution in [2.24, 2.45) is 0 Å². The predicted octanol–water partition coefficient (Wildman–Crippen LogP) is 0.739. The van der Waals surface area contributed by atoms with E-state index in [0.717, 1.165) is 0 Å². The maximum Gasteiger partial charge on any atom is 0.224 e. The van der Waals surface area contributed by atoms with Gasteiger partial charge in [0.2, 0.25) is 5.28 Å². The minimum Gasteiger partial charge on any atom is -0.394 e. The van der Waals surface area contributed by atoms with Crippen LogP contribution in [0.15, 0.2) is 6.20 Å². The first-order valence-electron chi connectivity index (χ1n) is 6.59. The Hall–Kier alpha value is -0.700. The van der Waals surface area contributed by atoms with Gasteiger partial charge in [-0.3, -0.25) is 0 Å². The number of nitrogens with one attached hydrogen (secondary N) is 1. The lowest BCUT2D eigenvalue weighted by molar-refractivity contribution is -0.0407. The smallest absolute Gasteiger partial charge is 0.224 e. The van der Waals surface area contributed by atoms with Crippen LogP contribution in [-0.2, 0) is 14.2 Å². The van der Waals surface area contributed by atoms with Gasteiger partial charge in [-0.2, -0.15) is 4.98 Å². The number of halogens is 2. The maximum absolute atomic E-state index is 8.81. The number of aliphatic hydroxyl groups excluding tert-OH is 1. The predicted molar refractivity (Wildman–Crippen MR) is 75.8 cm³/mol. The number of aliphatic hydroxyl groups is 1. The van der Waals surface area contributed by atoms with Crippen LogP contribution in [0.2, 0.25) is 10.3 Å². The minimum atomic E-state index is -0.168. The molecule has 2 fully saturated rings. The summed E-state index contributed by atoms with van der Waals surface area (Å²) in [4.78, 5) is 7.86. The molecule has 1 aromatic heterocycles.